The molecule has 2 aromatic carbocycles. The third-order valence-electron chi connectivity index (χ3n) is 6.04. The molecular weight excluding hydrogens is 790 g/mol. The number of nitrogens with zero attached hydrogens (tertiary/aromatic N) is 2. The second-order valence-electron chi connectivity index (χ2n) is 9.38. The van der Waals surface area contributed by atoms with E-state index in [1.54, 1.807) is 38.1 Å². The molecule has 0 spiro atoms. The van der Waals surface area contributed by atoms with E-state index in [1.165, 1.54) is 23.0 Å². The number of aliphatic carboxylic acids is 1. The summed E-state index contributed by atoms with van der Waals surface area (Å²) in [4.78, 5) is 43.2. The fourth-order valence-corrected chi connectivity index (χ4v) is 7.57. The second-order valence-corrected chi connectivity index (χ2v) is 12.7. The number of carbonyl (C=O) groups excluding carboxylic acids is 1. The minimum Gasteiger partial charge on any atom is -0.493 e. The van der Waals surface area contributed by atoms with Crippen LogP contribution in [0.1, 0.15) is 44.9 Å². The van der Waals surface area contributed by atoms with Crippen LogP contribution in [0.2, 0.25) is 0 Å². The van der Waals surface area contributed by atoms with E-state index >= 15 is 0 Å². The van der Waals surface area contributed by atoms with Crippen LogP contribution >= 0.6 is 56.5 Å². The topological polar surface area (TPSA) is 126 Å². The summed E-state index contributed by atoms with van der Waals surface area (Å²) in [5.41, 5.74) is 1.76. The van der Waals surface area contributed by atoms with Gasteiger partial charge in [-0.1, -0.05) is 17.4 Å². The van der Waals surface area contributed by atoms with Gasteiger partial charge >= 0.3 is 11.9 Å². The molecule has 0 radical (unpaired) electrons. The lowest BCUT2D eigenvalue weighted by atomic mass is 9.95. The molecule has 222 valence electrons. The van der Waals surface area contributed by atoms with Crippen LogP contribution in [-0.2, 0) is 14.3 Å². The zero-order chi connectivity index (χ0) is 30.7. The quantitative estimate of drug-likeness (QED) is 0.238. The number of hydrogen-bond donors (Lipinski definition) is 1. The number of methoxy groups -OCH3 is 1. The van der Waals surface area contributed by atoms with Gasteiger partial charge in [0.25, 0.3) is 5.56 Å². The van der Waals surface area contributed by atoms with Gasteiger partial charge in [0.2, 0.25) is 0 Å². The molecule has 42 heavy (non-hydrogen) atoms. The fraction of sp³-hybridized carbons (Fsp3) is 0.310. The predicted molar refractivity (Wildman–Crippen MR) is 174 cm³/mol. The highest BCUT2D eigenvalue weighted by Gasteiger charge is 2.34. The van der Waals surface area contributed by atoms with Gasteiger partial charge in [0.15, 0.2) is 22.9 Å². The summed E-state index contributed by atoms with van der Waals surface area (Å²) in [7, 11) is 1.53. The zero-order valence-corrected chi connectivity index (χ0v) is 28.5. The second kappa shape index (κ2) is 13.6. The standard InChI is InChI=1S/C29H28I2N2O8S/c1-6-39-28(37)24-15(4)32-29-33(25(24)17-7-8-20(41-14(2)3)21(12-17)38-5)27(36)22(42-29)11-16-9-18(30)26(19(31)10-16)40-13-23(34)35/h7-12,14,25H,6,13H2,1-5H3,(H,34,35)/b22-11-/t25-/m0/s1. The van der Waals surface area contributed by atoms with Crippen molar-refractivity contribution in [2.45, 2.75) is 39.8 Å². The Morgan fingerprint density at radius 3 is 2.45 bits per heavy atom. The van der Waals surface area contributed by atoms with Gasteiger partial charge in [-0.2, -0.15) is 0 Å². The van der Waals surface area contributed by atoms with Crippen LogP contribution in [0.3, 0.4) is 0 Å². The van der Waals surface area contributed by atoms with Crippen molar-refractivity contribution in [3.63, 3.8) is 0 Å². The summed E-state index contributed by atoms with van der Waals surface area (Å²) in [6.07, 6.45) is 1.67. The lowest BCUT2D eigenvalue weighted by molar-refractivity contribution is -0.140. The maximum Gasteiger partial charge on any atom is 0.341 e. The third kappa shape index (κ3) is 6.83. The number of carboxylic acid groups (broad SMARTS) is 1. The van der Waals surface area contributed by atoms with Gasteiger partial charge in [-0.15, -0.1) is 0 Å². The van der Waals surface area contributed by atoms with E-state index in [-0.39, 0.29) is 23.8 Å². The fourth-order valence-electron chi connectivity index (χ4n) is 4.40. The molecule has 0 saturated carbocycles. The molecule has 0 aliphatic carbocycles. The first kappa shape index (κ1) is 32.0. The third-order valence-corrected chi connectivity index (χ3v) is 8.63. The number of rotatable bonds is 10. The van der Waals surface area contributed by atoms with E-state index in [1.807, 2.05) is 26.0 Å². The van der Waals surface area contributed by atoms with Crippen LogP contribution in [0.5, 0.6) is 17.2 Å². The van der Waals surface area contributed by atoms with E-state index in [4.69, 9.17) is 24.1 Å². The van der Waals surface area contributed by atoms with Gasteiger partial charge in [-0.25, -0.2) is 14.6 Å². The summed E-state index contributed by atoms with van der Waals surface area (Å²) >= 11 is 5.35. The number of ether oxygens (including phenoxy) is 4. The van der Waals surface area contributed by atoms with Crippen LogP contribution in [0.15, 0.2) is 51.4 Å². The van der Waals surface area contributed by atoms with Crippen molar-refractivity contribution in [1.29, 1.82) is 0 Å². The van der Waals surface area contributed by atoms with Crippen molar-refractivity contribution in [1.82, 2.24) is 4.57 Å². The van der Waals surface area contributed by atoms with Gasteiger partial charge in [0, 0.05) is 0 Å². The molecule has 1 N–H and O–H groups in total. The number of fused-ring (bicyclic) bond motifs is 1. The Labute approximate surface area is 272 Å². The number of allylic oxidation sites excluding steroid dienone is 1. The molecule has 0 fully saturated rings. The Bertz CT molecular complexity index is 1740. The highest BCUT2D eigenvalue weighted by Crippen LogP contribution is 2.36. The highest BCUT2D eigenvalue weighted by molar-refractivity contribution is 14.1. The van der Waals surface area contributed by atoms with Crippen LogP contribution in [0, 0.1) is 7.14 Å². The number of carboxylic acids is 1. The number of carbonyl (C=O) groups is 2. The summed E-state index contributed by atoms with van der Waals surface area (Å²) in [6.45, 7) is 6.98. The van der Waals surface area contributed by atoms with E-state index in [2.05, 4.69) is 50.2 Å². The molecule has 1 aliphatic heterocycles. The molecule has 2 heterocycles. The number of esters is 1. The smallest absolute Gasteiger partial charge is 0.341 e. The van der Waals surface area contributed by atoms with Gasteiger partial charge in [0.1, 0.15) is 5.75 Å². The van der Waals surface area contributed by atoms with Gasteiger partial charge in [-0.3, -0.25) is 9.36 Å². The monoisotopic (exact) mass is 818 g/mol. The molecule has 13 heteroatoms. The maximum absolute atomic E-state index is 14.0. The first-order chi connectivity index (χ1) is 19.9. The number of halogens is 2. The van der Waals surface area contributed by atoms with Crippen molar-refractivity contribution in [3.05, 3.63) is 79.6 Å². The lowest BCUT2D eigenvalue weighted by Crippen LogP contribution is -2.40. The first-order valence-corrected chi connectivity index (χ1v) is 15.8. The van der Waals surface area contributed by atoms with E-state index in [0.717, 1.165) is 5.56 Å². The largest absolute Gasteiger partial charge is 0.493 e. The highest BCUT2D eigenvalue weighted by atomic mass is 127. The average molecular weight is 818 g/mol. The molecular formula is C29H28I2N2O8S. The molecule has 1 atom stereocenters. The van der Waals surface area contributed by atoms with Crippen molar-refractivity contribution in [3.8, 4) is 17.2 Å². The zero-order valence-electron chi connectivity index (χ0n) is 23.4. The van der Waals surface area contributed by atoms with E-state index in [0.29, 0.717) is 45.0 Å². The Balaban J connectivity index is 1.89. The molecule has 10 nitrogen and oxygen atoms in total. The normalized spacial score (nSPS) is 14.9. The van der Waals surface area contributed by atoms with Gasteiger partial charge in [-0.05, 0) is 114 Å². The molecule has 0 bridgehead atoms. The Kier molecular flexibility index (Phi) is 10.4. The van der Waals surface area contributed by atoms with Crippen molar-refractivity contribution in [2.75, 3.05) is 20.3 Å². The Morgan fingerprint density at radius 2 is 1.86 bits per heavy atom. The van der Waals surface area contributed by atoms with Crippen LogP contribution in [0.25, 0.3) is 6.08 Å². The SMILES string of the molecule is CCOC(=O)C1=C(C)N=c2s/c(=C\c3cc(I)c(OCC(=O)O)c(I)c3)c(=O)n2[C@H]1c1ccc(OC(C)C)c(OC)c1. The molecule has 3 aromatic rings. The summed E-state index contributed by atoms with van der Waals surface area (Å²) in [6, 6.07) is 8.14. The van der Waals surface area contributed by atoms with Crippen LogP contribution < -0.4 is 29.1 Å². The molecule has 0 saturated heterocycles. The molecule has 1 aromatic heterocycles. The molecule has 0 unspecified atom stereocenters. The maximum atomic E-state index is 14.0. The lowest BCUT2D eigenvalue weighted by Gasteiger charge is -2.25. The number of benzene rings is 2. The summed E-state index contributed by atoms with van der Waals surface area (Å²) < 4.78 is 25.6. The van der Waals surface area contributed by atoms with Gasteiger partial charge in [0.05, 0.1) is 48.8 Å². The Hall–Kier alpha value is -2.92. The minimum absolute atomic E-state index is 0.0800. The first-order valence-electron chi connectivity index (χ1n) is 12.8. The average Bonchev–Trinajstić information content (AvgIpc) is 3.21. The Morgan fingerprint density at radius 1 is 1.17 bits per heavy atom. The minimum atomic E-state index is -1.07. The van der Waals surface area contributed by atoms with Crippen molar-refractivity contribution >= 4 is 74.5 Å². The summed E-state index contributed by atoms with van der Waals surface area (Å²) in [5, 5.41) is 8.97. The molecule has 1 aliphatic rings. The predicted octanol–water partition coefficient (Wildman–Crippen LogP) is 4.27. The number of hydrogen-bond acceptors (Lipinski definition) is 9. The van der Waals surface area contributed by atoms with Gasteiger partial charge < -0.3 is 24.1 Å². The van der Waals surface area contributed by atoms with Crippen LogP contribution in [0.4, 0.5) is 0 Å². The van der Waals surface area contributed by atoms with E-state index in [9.17, 15) is 14.4 Å². The van der Waals surface area contributed by atoms with Crippen LogP contribution in [-0.4, -0.2) is 48.0 Å². The van der Waals surface area contributed by atoms with Crippen molar-refractivity contribution < 1.29 is 33.6 Å². The van der Waals surface area contributed by atoms with E-state index < -0.39 is 24.6 Å². The number of thiazole rings is 1. The number of aromatic nitrogens is 1. The molecule has 0 amide bonds. The summed E-state index contributed by atoms with van der Waals surface area (Å²) in [5.74, 6) is -0.151. The van der Waals surface area contributed by atoms with Crippen molar-refractivity contribution in [2.24, 2.45) is 4.99 Å². The molecule has 4 rings (SSSR count).